The monoisotopic (exact) mass is 227 g/mol. The molecule has 0 aliphatic heterocycles. The van der Waals surface area contributed by atoms with E-state index < -0.39 is 0 Å². The summed E-state index contributed by atoms with van der Waals surface area (Å²) in [4.78, 5) is 10.7. The van der Waals surface area contributed by atoms with E-state index in [0.717, 1.165) is 13.0 Å². The number of nitrogens with two attached hydrogens (primary N) is 1. The van der Waals surface area contributed by atoms with Crippen molar-refractivity contribution in [1.29, 1.82) is 0 Å². The highest BCUT2D eigenvalue weighted by Crippen LogP contribution is 2.12. The number of unbranched alkanes of at least 4 members (excludes halogenated alkanes) is 1. The molecule has 0 aromatic heterocycles. The third-order valence-corrected chi connectivity index (χ3v) is 2.79. The Morgan fingerprint density at radius 3 is 2.62 bits per heavy atom. The number of primary amides is 1. The molecule has 94 valence electrons. The number of hydrogen-bond donors (Lipinski definition) is 1. The van der Waals surface area contributed by atoms with Gasteiger partial charge in [0.25, 0.3) is 0 Å². The third kappa shape index (κ3) is 7.46. The van der Waals surface area contributed by atoms with Crippen molar-refractivity contribution in [2.24, 2.45) is 11.7 Å². The lowest BCUT2D eigenvalue weighted by Gasteiger charge is -2.13. The molecule has 0 rings (SSSR count). The number of amides is 1. The van der Waals surface area contributed by atoms with Crippen molar-refractivity contribution in [3.63, 3.8) is 0 Å². The van der Waals surface area contributed by atoms with Crippen LogP contribution >= 0.6 is 0 Å². The van der Waals surface area contributed by atoms with Crippen LogP contribution in [0.2, 0.25) is 0 Å². The van der Waals surface area contributed by atoms with Gasteiger partial charge in [0, 0.05) is 12.2 Å². The SMILES string of the molecule is CCCCC(CC)COC/C=C(\C)C(N)=O. The normalized spacial score (nSPS) is 13.8. The Morgan fingerprint density at radius 2 is 2.12 bits per heavy atom. The van der Waals surface area contributed by atoms with Gasteiger partial charge in [-0.1, -0.05) is 39.2 Å². The lowest BCUT2D eigenvalue weighted by molar-refractivity contribution is -0.114. The Balaban J connectivity index is 3.70. The molecule has 0 aromatic carbocycles. The van der Waals surface area contributed by atoms with Gasteiger partial charge in [0.15, 0.2) is 0 Å². The molecule has 3 nitrogen and oxygen atoms in total. The van der Waals surface area contributed by atoms with Crippen LogP contribution in [0.15, 0.2) is 11.6 Å². The highest BCUT2D eigenvalue weighted by molar-refractivity contribution is 5.91. The van der Waals surface area contributed by atoms with Gasteiger partial charge in [-0.15, -0.1) is 0 Å². The van der Waals surface area contributed by atoms with Crippen LogP contribution in [0.3, 0.4) is 0 Å². The number of rotatable bonds is 9. The van der Waals surface area contributed by atoms with Crippen molar-refractivity contribution in [2.75, 3.05) is 13.2 Å². The van der Waals surface area contributed by atoms with Crippen molar-refractivity contribution < 1.29 is 9.53 Å². The molecule has 0 saturated heterocycles. The average molecular weight is 227 g/mol. The number of hydrogen-bond acceptors (Lipinski definition) is 2. The van der Waals surface area contributed by atoms with Crippen LogP contribution in [-0.4, -0.2) is 19.1 Å². The van der Waals surface area contributed by atoms with E-state index in [1.165, 1.54) is 19.3 Å². The molecule has 2 N–H and O–H groups in total. The molecule has 0 fully saturated rings. The Bertz CT molecular complexity index is 224. The van der Waals surface area contributed by atoms with E-state index in [2.05, 4.69) is 13.8 Å². The molecular formula is C13H25NO2. The molecule has 0 heterocycles. The topological polar surface area (TPSA) is 52.3 Å². The van der Waals surface area contributed by atoms with E-state index in [1.54, 1.807) is 13.0 Å². The molecule has 0 spiro atoms. The maximum Gasteiger partial charge on any atom is 0.244 e. The van der Waals surface area contributed by atoms with Crippen LogP contribution in [-0.2, 0) is 9.53 Å². The van der Waals surface area contributed by atoms with Gasteiger partial charge in [0.1, 0.15) is 0 Å². The van der Waals surface area contributed by atoms with Crippen molar-refractivity contribution in [2.45, 2.75) is 46.5 Å². The fourth-order valence-electron chi connectivity index (χ4n) is 1.42. The molecule has 1 atom stereocenters. The van der Waals surface area contributed by atoms with Crippen LogP contribution in [0, 0.1) is 5.92 Å². The first-order valence-corrected chi connectivity index (χ1v) is 6.16. The fraction of sp³-hybridized carbons (Fsp3) is 0.769. The maximum atomic E-state index is 10.7. The molecule has 0 bridgehead atoms. The van der Waals surface area contributed by atoms with E-state index in [1.807, 2.05) is 0 Å². The lowest BCUT2D eigenvalue weighted by Crippen LogP contribution is -2.13. The summed E-state index contributed by atoms with van der Waals surface area (Å²) in [6, 6.07) is 0. The number of ether oxygens (including phenoxy) is 1. The molecule has 16 heavy (non-hydrogen) atoms. The van der Waals surface area contributed by atoms with Crippen molar-refractivity contribution in [1.82, 2.24) is 0 Å². The second-order valence-electron chi connectivity index (χ2n) is 4.21. The summed E-state index contributed by atoms with van der Waals surface area (Å²) in [5, 5.41) is 0. The van der Waals surface area contributed by atoms with Crippen molar-refractivity contribution in [3.05, 3.63) is 11.6 Å². The van der Waals surface area contributed by atoms with Crippen molar-refractivity contribution in [3.8, 4) is 0 Å². The average Bonchev–Trinajstić information content (AvgIpc) is 2.27. The minimum absolute atomic E-state index is 0.373. The van der Waals surface area contributed by atoms with Crippen LogP contribution in [0.25, 0.3) is 0 Å². The molecule has 1 unspecified atom stereocenters. The molecule has 0 aromatic rings. The van der Waals surface area contributed by atoms with Crippen LogP contribution < -0.4 is 5.73 Å². The molecule has 0 aliphatic carbocycles. The fourth-order valence-corrected chi connectivity index (χ4v) is 1.42. The maximum absolute atomic E-state index is 10.7. The molecule has 1 amide bonds. The van der Waals surface area contributed by atoms with Gasteiger partial charge in [0.2, 0.25) is 5.91 Å². The van der Waals surface area contributed by atoms with E-state index in [9.17, 15) is 4.79 Å². The van der Waals surface area contributed by atoms with Crippen LogP contribution in [0.1, 0.15) is 46.5 Å². The third-order valence-electron chi connectivity index (χ3n) is 2.79. The summed E-state index contributed by atoms with van der Waals surface area (Å²) < 4.78 is 5.52. The Labute approximate surface area is 99.0 Å². The summed E-state index contributed by atoms with van der Waals surface area (Å²) >= 11 is 0. The van der Waals surface area contributed by atoms with Gasteiger partial charge in [-0.2, -0.15) is 0 Å². The van der Waals surface area contributed by atoms with Gasteiger partial charge in [-0.3, -0.25) is 4.79 Å². The Kier molecular flexibility index (Phi) is 8.91. The number of carbonyl (C=O) groups excluding carboxylic acids is 1. The van der Waals surface area contributed by atoms with Gasteiger partial charge in [-0.25, -0.2) is 0 Å². The van der Waals surface area contributed by atoms with Gasteiger partial charge in [0.05, 0.1) is 6.61 Å². The predicted molar refractivity (Wildman–Crippen MR) is 67.1 cm³/mol. The molecular weight excluding hydrogens is 202 g/mol. The zero-order valence-corrected chi connectivity index (χ0v) is 10.8. The van der Waals surface area contributed by atoms with Crippen LogP contribution in [0.4, 0.5) is 0 Å². The van der Waals surface area contributed by atoms with Crippen molar-refractivity contribution >= 4 is 5.91 Å². The Hall–Kier alpha value is -0.830. The van der Waals surface area contributed by atoms with Gasteiger partial charge < -0.3 is 10.5 Å². The van der Waals surface area contributed by atoms with Gasteiger partial charge in [-0.05, 0) is 19.3 Å². The smallest absolute Gasteiger partial charge is 0.244 e. The number of carbonyl (C=O) groups is 1. The van der Waals surface area contributed by atoms with E-state index in [0.29, 0.717) is 18.1 Å². The summed E-state index contributed by atoms with van der Waals surface area (Å²) in [5.74, 6) is 0.267. The van der Waals surface area contributed by atoms with E-state index >= 15 is 0 Å². The van der Waals surface area contributed by atoms with Gasteiger partial charge >= 0.3 is 0 Å². The largest absolute Gasteiger partial charge is 0.377 e. The first kappa shape index (κ1) is 15.2. The summed E-state index contributed by atoms with van der Waals surface area (Å²) in [6.07, 6.45) is 6.62. The second-order valence-corrected chi connectivity index (χ2v) is 4.21. The lowest BCUT2D eigenvalue weighted by atomic mass is 10.0. The Morgan fingerprint density at radius 1 is 1.44 bits per heavy atom. The zero-order chi connectivity index (χ0) is 12.4. The minimum Gasteiger partial charge on any atom is -0.377 e. The molecule has 0 aliphatic rings. The highest BCUT2D eigenvalue weighted by Gasteiger charge is 2.05. The summed E-state index contributed by atoms with van der Waals surface area (Å²) in [7, 11) is 0. The van der Waals surface area contributed by atoms with E-state index in [-0.39, 0.29) is 5.91 Å². The predicted octanol–water partition coefficient (Wildman–Crippen LogP) is 2.65. The zero-order valence-electron chi connectivity index (χ0n) is 10.8. The quantitative estimate of drug-likeness (QED) is 0.486. The molecule has 0 saturated carbocycles. The summed E-state index contributed by atoms with van der Waals surface area (Å²) in [5.41, 5.74) is 5.68. The second kappa shape index (κ2) is 9.40. The highest BCUT2D eigenvalue weighted by atomic mass is 16.5. The molecule has 0 radical (unpaired) electrons. The summed E-state index contributed by atoms with van der Waals surface area (Å²) in [6.45, 7) is 7.36. The minimum atomic E-state index is -0.373. The molecule has 3 heteroatoms. The van der Waals surface area contributed by atoms with Crippen LogP contribution in [0.5, 0.6) is 0 Å². The first-order valence-electron chi connectivity index (χ1n) is 6.16. The first-order chi connectivity index (χ1) is 7.61. The standard InChI is InChI=1S/C13H25NO2/c1-4-6-7-12(5-2)10-16-9-8-11(3)13(14)15/h8,12H,4-7,9-10H2,1-3H3,(H2,14,15)/b11-8+. The van der Waals surface area contributed by atoms with E-state index in [4.69, 9.17) is 10.5 Å².